The van der Waals surface area contributed by atoms with Crippen molar-refractivity contribution in [2.24, 2.45) is 34.4 Å². The van der Waals surface area contributed by atoms with E-state index in [1.807, 2.05) is 6.26 Å². The summed E-state index contributed by atoms with van der Waals surface area (Å²) in [6.07, 6.45) is 4.44. The van der Waals surface area contributed by atoms with Crippen LogP contribution in [0, 0.1) is 21.6 Å². The van der Waals surface area contributed by atoms with Crippen LogP contribution in [0.3, 0.4) is 0 Å². The second-order valence-electron chi connectivity index (χ2n) is 25.3. The van der Waals surface area contributed by atoms with Gasteiger partial charge in [-0.15, -0.1) is 0 Å². The van der Waals surface area contributed by atoms with Crippen LogP contribution in [-0.2, 0) is 76.8 Å². The molecule has 0 radical (unpaired) electrons. The van der Waals surface area contributed by atoms with Crippen molar-refractivity contribution in [3.8, 4) is 5.75 Å². The van der Waals surface area contributed by atoms with E-state index in [0.717, 1.165) is 0 Å². The molecule has 2 heterocycles. The number of carbonyl (C=O) groups excluding carboxylic acids is 11. The molecule has 108 heavy (non-hydrogen) atoms. The molecule has 11 atom stereocenters. The summed E-state index contributed by atoms with van der Waals surface area (Å²) in [6, 6.07) is -3.45. The molecule has 0 saturated carbocycles. The van der Waals surface area contributed by atoms with E-state index >= 15 is 0 Å². The van der Waals surface area contributed by atoms with E-state index in [9.17, 15) is 67.7 Å². The summed E-state index contributed by atoms with van der Waals surface area (Å²) in [5.41, 5.74) is 35.7. The van der Waals surface area contributed by atoms with Gasteiger partial charge in [0.25, 0.3) is 0 Å². The summed E-state index contributed by atoms with van der Waals surface area (Å²) in [7, 11) is 0. The molecule has 41 nitrogen and oxygen atoms in total. The number of carbonyl (C=O) groups is 12. The molecular weight excluding hydrogens is 1430 g/mol. The Balaban J connectivity index is 1.65. The predicted octanol–water partition coefficient (Wildman–Crippen LogP) is -6.00. The lowest BCUT2D eigenvalue weighted by molar-refractivity contribution is -0.142. The number of phenols is 1. The first-order chi connectivity index (χ1) is 51.2. The largest absolute Gasteiger partial charge is 0.508 e. The highest BCUT2D eigenvalue weighted by molar-refractivity contribution is 7.98. The number of benzene rings is 2. The summed E-state index contributed by atoms with van der Waals surface area (Å²) < 4.78 is 0. The Bertz CT molecular complexity index is 3730. The normalized spacial score (nSPS) is 14.0. The van der Waals surface area contributed by atoms with Gasteiger partial charge in [0, 0.05) is 75.2 Å². The van der Waals surface area contributed by atoms with Crippen molar-refractivity contribution in [1.82, 2.24) is 89.4 Å². The number of aromatic nitrogens is 3. The zero-order chi connectivity index (χ0) is 80.0. The Labute approximate surface area is 626 Å². The number of nitrogens with zero attached hydrogens (tertiary/aromatic N) is 1. The molecule has 0 unspecified atom stereocenters. The van der Waals surface area contributed by atoms with Crippen LogP contribution in [-0.4, -0.2) is 225 Å². The van der Waals surface area contributed by atoms with Gasteiger partial charge in [0.1, 0.15) is 66.2 Å². The molecular formula is C66H103N27O14S. The maximum Gasteiger partial charge on any atom is 0.326 e. The molecule has 0 aliphatic carbocycles. The van der Waals surface area contributed by atoms with Crippen LogP contribution in [0.15, 0.2) is 67.3 Å². The number of hydrogen-bond acceptors (Lipinski definition) is 20. The van der Waals surface area contributed by atoms with Crippen LogP contribution in [0.2, 0.25) is 0 Å². The summed E-state index contributed by atoms with van der Waals surface area (Å²) in [5.74, 6) is -12.8. The molecule has 0 fully saturated rings. The Morgan fingerprint density at radius 1 is 0.472 bits per heavy atom. The number of amides is 11. The standard InChI is InChI=1S/C66H103N27O14S/c1-34(52(96)84-35(2)53(97)86-43(12-6-23-78-63(69)70)58(102)93-50(62(106)107)28-36-16-18-39(94)19-17-36)85-60(104)48(29-37-31-82-42-11-5-4-10-40(37)42)92-57(101)46(15-9-26-81-66(75)76)88-59(103)47(20-21-51(68)95)90-56(100)44(13-7-24-79-64(71)72)87-55(99)45(14-8-25-80-65(73)74)89-61(105)49(30-38-32-77-33-83-38)91-54(98)41(67)22-27-108-3/h4-5,10-11,16-19,31-35,41,43-50,82,94H,6-9,12-15,20-30,67H2,1-3H3,(H2,68,95)(H,77,83)(H,84,96)(H,85,104)(H,86,97)(H,87,99)(H,88,103)(H,89,105)(H,90,100)(H,91,98)(H,92,101)(H,93,102)(H,106,107)(H4,69,70,78)(H4,71,72,79)(H4,73,74,80)(H4,75,76,81)/t34-,35-,41-,43-,44-,45-,46-,47-,48-,49-,50-/m0/s1. The van der Waals surface area contributed by atoms with Gasteiger partial charge in [0.05, 0.1) is 18.1 Å². The van der Waals surface area contributed by atoms with Crippen molar-refractivity contribution in [1.29, 1.82) is 21.6 Å². The Hall–Kier alpha value is -12.0. The molecule has 592 valence electrons. The van der Waals surface area contributed by atoms with Gasteiger partial charge < -0.3 is 129 Å². The Morgan fingerprint density at radius 2 is 0.861 bits per heavy atom. The number of para-hydroxylation sites is 1. The minimum atomic E-state index is -1.72. The SMILES string of the molecule is CSCC[C@H](N)C(=O)N[C@@H](Cc1c[nH]cn1)C(=O)N[C@@H](CCCNC(=N)N)C(=O)N[C@@H](CCCNC(=N)N)C(=O)N[C@@H](CCC(N)=O)C(=O)N[C@@H](CCCNC(=N)N)C(=O)N[C@@H](Cc1c[nH]c2ccccc12)C(=O)N[C@@H](C)C(=O)N[C@@H](C)C(=O)N[C@@H](CCCNC(=N)N)C(=O)N[C@@H](Cc1ccc(O)cc1)C(=O)O. The van der Waals surface area contributed by atoms with Crippen LogP contribution in [0.25, 0.3) is 10.9 Å². The van der Waals surface area contributed by atoms with E-state index in [2.05, 4.69) is 89.4 Å². The fraction of sp³-hybridized carbons (Fsp3) is 0.500. The highest BCUT2D eigenvalue weighted by atomic mass is 32.2. The number of carboxylic acid groups (broad SMARTS) is 1. The maximum absolute atomic E-state index is 14.9. The van der Waals surface area contributed by atoms with Crippen molar-refractivity contribution in [2.45, 2.75) is 170 Å². The summed E-state index contributed by atoms with van der Waals surface area (Å²) in [4.78, 5) is 178. The number of primary amides is 1. The zero-order valence-corrected chi connectivity index (χ0v) is 61.1. The number of aliphatic carboxylic acids is 1. The molecule has 0 spiro atoms. The van der Waals surface area contributed by atoms with Gasteiger partial charge in [-0.25, -0.2) is 9.78 Å². The second kappa shape index (κ2) is 46.1. The quantitative estimate of drug-likeness (QED) is 0.0111. The minimum Gasteiger partial charge on any atom is -0.508 e. The third-order valence-electron chi connectivity index (χ3n) is 16.6. The monoisotopic (exact) mass is 1530 g/mol. The van der Waals surface area contributed by atoms with E-state index in [4.69, 9.17) is 56.0 Å². The van der Waals surface area contributed by atoms with Gasteiger partial charge in [-0.05, 0) is 119 Å². The topological polar surface area (TPSA) is 710 Å². The number of rotatable bonds is 49. The fourth-order valence-electron chi connectivity index (χ4n) is 10.7. The molecule has 0 aliphatic rings. The number of nitrogens with one attached hydrogen (secondary N) is 20. The van der Waals surface area contributed by atoms with E-state index in [0.29, 0.717) is 33.5 Å². The Morgan fingerprint density at radius 3 is 1.30 bits per heavy atom. The number of aromatic hydroxyl groups is 1. The number of guanidine groups is 4. The summed E-state index contributed by atoms with van der Waals surface area (Å²) in [6.45, 7) is 2.63. The van der Waals surface area contributed by atoms with Crippen LogP contribution >= 0.6 is 11.8 Å². The number of nitrogens with two attached hydrogens (primary N) is 6. The smallest absolute Gasteiger partial charge is 0.326 e. The number of carboxylic acids is 1. The van der Waals surface area contributed by atoms with Gasteiger partial charge in [-0.1, -0.05) is 30.3 Å². The first kappa shape index (κ1) is 88.4. The van der Waals surface area contributed by atoms with E-state index < -0.39 is 168 Å². The average Bonchev–Trinajstić information content (AvgIpc) is 1.66. The molecule has 42 heteroatoms. The predicted molar refractivity (Wildman–Crippen MR) is 400 cm³/mol. The second-order valence-corrected chi connectivity index (χ2v) is 26.3. The van der Waals surface area contributed by atoms with Gasteiger partial charge in [-0.3, -0.25) is 74.4 Å². The number of hydrogen-bond donors (Lipinski definition) is 28. The molecule has 2 aromatic carbocycles. The number of imidazole rings is 1. The molecule has 0 bridgehead atoms. The fourth-order valence-corrected chi connectivity index (χ4v) is 11.2. The van der Waals surface area contributed by atoms with Crippen molar-refractivity contribution >= 4 is 117 Å². The van der Waals surface area contributed by atoms with E-state index in [-0.39, 0.29) is 115 Å². The third-order valence-corrected chi connectivity index (χ3v) is 17.2. The van der Waals surface area contributed by atoms with Gasteiger partial charge in [-0.2, -0.15) is 11.8 Å². The lowest BCUT2D eigenvalue weighted by atomic mass is 10.0. The van der Waals surface area contributed by atoms with Gasteiger partial charge in [0.2, 0.25) is 65.0 Å². The van der Waals surface area contributed by atoms with Gasteiger partial charge >= 0.3 is 5.97 Å². The minimum absolute atomic E-state index is 0.0104. The Kier molecular flexibility index (Phi) is 37.7. The highest BCUT2D eigenvalue weighted by Gasteiger charge is 2.36. The molecule has 34 N–H and O–H groups in total. The van der Waals surface area contributed by atoms with E-state index in [1.54, 1.807) is 30.5 Å². The molecule has 0 aliphatic heterocycles. The molecule has 0 saturated heterocycles. The molecule has 2 aromatic heterocycles. The lowest BCUT2D eigenvalue weighted by Crippen LogP contribution is -2.60. The molecule has 4 rings (SSSR count). The van der Waals surface area contributed by atoms with Crippen LogP contribution in [0.1, 0.15) is 101 Å². The molecule has 11 amide bonds. The number of phenolic OH excluding ortho intramolecular Hbond substituents is 1. The van der Waals surface area contributed by atoms with Crippen molar-refractivity contribution in [3.05, 3.63) is 84.1 Å². The number of thioether (sulfide) groups is 1. The molecule has 4 aromatic rings. The third kappa shape index (κ3) is 32.6. The van der Waals surface area contributed by atoms with E-state index in [1.165, 1.54) is 62.4 Å². The number of fused-ring (bicyclic) bond motifs is 1. The number of aromatic amines is 2. The van der Waals surface area contributed by atoms with Crippen molar-refractivity contribution in [2.75, 3.05) is 38.2 Å². The first-order valence-corrected chi connectivity index (χ1v) is 36.1. The zero-order valence-electron chi connectivity index (χ0n) is 60.2. The van der Waals surface area contributed by atoms with Crippen LogP contribution < -0.4 is 109 Å². The summed E-state index contributed by atoms with van der Waals surface area (Å²) in [5, 5.41) is 87.0. The van der Waals surface area contributed by atoms with Crippen LogP contribution in [0.4, 0.5) is 0 Å². The first-order valence-electron chi connectivity index (χ1n) is 34.7. The number of H-pyrrole nitrogens is 2. The van der Waals surface area contributed by atoms with Crippen LogP contribution in [0.5, 0.6) is 5.75 Å². The highest BCUT2D eigenvalue weighted by Crippen LogP contribution is 2.20. The van der Waals surface area contributed by atoms with Crippen molar-refractivity contribution < 1.29 is 67.7 Å². The maximum atomic E-state index is 14.9. The van der Waals surface area contributed by atoms with Gasteiger partial charge in [0.15, 0.2) is 23.8 Å². The average molecular weight is 1530 g/mol. The summed E-state index contributed by atoms with van der Waals surface area (Å²) >= 11 is 1.45. The lowest BCUT2D eigenvalue weighted by Gasteiger charge is -2.28. The van der Waals surface area contributed by atoms with Crippen molar-refractivity contribution in [3.63, 3.8) is 0 Å².